The molecule has 0 heteroatoms. The minimum atomic E-state index is 0.362. The van der Waals surface area contributed by atoms with Crippen LogP contribution < -0.4 is 0 Å². The van der Waals surface area contributed by atoms with Crippen LogP contribution in [-0.4, -0.2) is 0 Å². The molecule has 0 spiro atoms. The van der Waals surface area contributed by atoms with Crippen LogP contribution in [0.2, 0.25) is 0 Å². The van der Waals surface area contributed by atoms with Gasteiger partial charge in [-0.05, 0) is 72.5 Å². The molecule has 0 aliphatic heterocycles. The lowest BCUT2D eigenvalue weighted by atomic mass is 9.70. The van der Waals surface area contributed by atoms with Crippen molar-refractivity contribution in [1.29, 1.82) is 0 Å². The number of hydrogen-bond donors (Lipinski definition) is 0. The molecule has 1 rings (SSSR count). The second kappa shape index (κ2) is 11.7. The molecule has 1 aliphatic rings. The van der Waals surface area contributed by atoms with Crippen LogP contribution in [0.1, 0.15) is 114 Å². The SMILES string of the molecule is CCC(C)C(C)C(C)CC1C=CC(C)(CC)C(C)CC(C)C(CC)CCC1. The molecule has 0 bridgehead atoms. The van der Waals surface area contributed by atoms with E-state index in [4.69, 9.17) is 0 Å². The van der Waals surface area contributed by atoms with Crippen molar-refractivity contribution in [3.8, 4) is 0 Å². The molecule has 0 heterocycles. The molecule has 0 aromatic heterocycles. The second-order valence-corrected chi connectivity index (χ2v) is 10.6. The van der Waals surface area contributed by atoms with Crippen molar-refractivity contribution in [3.63, 3.8) is 0 Å². The van der Waals surface area contributed by atoms with Gasteiger partial charge in [-0.1, -0.05) is 100 Å². The van der Waals surface area contributed by atoms with Gasteiger partial charge in [0.05, 0.1) is 0 Å². The molecule has 1 aliphatic carbocycles. The van der Waals surface area contributed by atoms with E-state index in [1.807, 2.05) is 0 Å². The first-order valence-corrected chi connectivity index (χ1v) is 12.4. The zero-order chi connectivity index (χ0) is 20.6. The maximum atomic E-state index is 2.65. The molecule has 0 fully saturated rings. The van der Waals surface area contributed by atoms with Crippen LogP contribution in [0.3, 0.4) is 0 Å². The van der Waals surface area contributed by atoms with E-state index in [0.717, 1.165) is 41.4 Å². The Labute approximate surface area is 173 Å². The average Bonchev–Trinajstić information content (AvgIpc) is 2.68. The molecular weight excluding hydrogens is 324 g/mol. The van der Waals surface area contributed by atoms with Crippen molar-refractivity contribution in [2.24, 2.45) is 46.8 Å². The Morgan fingerprint density at radius 3 is 2.22 bits per heavy atom. The Kier molecular flexibility index (Phi) is 10.7. The van der Waals surface area contributed by atoms with E-state index >= 15 is 0 Å². The summed E-state index contributed by atoms with van der Waals surface area (Å²) in [6.07, 6.45) is 16.2. The third kappa shape index (κ3) is 7.25. The molecular formula is C27H52. The highest BCUT2D eigenvalue weighted by atomic mass is 14.4. The van der Waals surface area contributed by atoms with E-state index in [0.29, 0.717) is 5.41 Å². The third-order valence-corrected chi connectivity index (χ3v) is 8.95. The molecule has 8 unspecified atom stereocenters. The number of hydrogen-bond acceptors (Lipinski definition) is 0. The fourth-order valence-corrected chi connectivity index (χ4v) is 5.46. The van der Waals surface area contributed by atoms with Crippen LogP contribution in [0, 0.1) is 46.8 Å². The van der Waals surface area contributed by atoms with Crippen LogP contribution in [0.25, 0.3) is 0 Å². The molecule has 0 amide bonds. The Balaban J connectivity index is 2.97. The van der Waals surface area contributed by atoms with Crippen molar-refractivity contribution >= 4 is 0 Å². The normalized spacial score (nSPS) is 36.6. The summed E-state index contributed by atoms with van der Waals surface area (Å²) in [5.74, 6) is 5.84. The Morgan fingerprint density at radius 2 is 1.67 bits per heavy atom. The summed E-state index contributed by atoms with van der Waals surface area (Å²) in [6, 6.07) is 0. The van der Waals surface area contributed by atoms with Crippen LogP contribution in [0.4, 0.5) is 0 Å². The van der Waals surface area contributed by atoms with Gasteiger partial charge in [-0.3, -0.25) is 0 Å². The van der Waals surface area contributed by atoms with E-state index in [9.17, 15) is 0 Å². The van der Waals surface area contributed by atoms with Crippen LogP contribution in [0.15, 0.2) is 12.2 Å². The number of allylic oxidation sites excluding steroid dienone is 2. The van der Waals surface area contributed by atoms with E-state index in [2.05, 4.69) is 74.5 Å². The van der Waals surface area contributed by atoms with Crippen LogP contribution in [-0.2, 0) is 0 Å². The number of rotatable bonds is 7. The van der Waals surface area contributed by atoms with Gasteiger partial charge in [0.15, 0.2) is 0 Å². The predicted octanol–water partition coefficient (Wildman–Crippen LogP) is 9.16. The summed E-state index contributed by atoms with van der Waals surface area (Å²) < 4.78 is 0. The van der Waals surface area contributed by atoms with Crippen molar-refractivity contribution < 1.29 is 0 Å². The van der Waals surface area contributed by atoms with Gasteiger partial charge in [0.2, 0.25) is 0 Å². The molecule has 0 aromatic carbocycles. The van der Waals surface area contributed by atoms with Gasteiger partial charge in [0.1, 0.15) is 0 Å². The predicted molar refractivity (Wildman–Crippen MR) is 124 cm³/mol. The average molecular weight is 377 g/mol. The van der Waals surface area contributed by atoms with Crippen molar-refractivity contribution in [2.75, 3.05) is 0 Å². The lowest BCUT2D eigenvalue weighted by Gasteiger charge is -2.35. The highest BCUT2D eigenvalue weighted by Gasteiger charge is 2.31. The van der Waals surface area contributed by atoms with Gasteiger partial charge in [-0.25, -0.2) is 0 Å². The summed E-state index contributed by atoms with van der Waals surface area (Å²) in [7, 11) is 0. The molecule has 0 radical (unpaired) electrons. The minimum Gasteiger partial charge on any atom is -0.0849 e. The summed E-state index contributed by atoms with van der Waals surface area (Å²) in [6.45, 7) is 22.1. The highest BCUT2D eigenvalue weighted by Crippen LogP contribution is 2.41. The first kappa shape index (κ1) is 24.8. The van der Waals surface area contributed by atoms with Crippen molar-refractivity contribution in [3.05, 3.63) is 12.2 Å². The van der Waals surface area contributed by atoms with Gasteiger partial charge < -0.3 is 0 Å². The zero-order valence-electron chi connectivity index (χ0n) is 20.4. The van der Waals surface area contributed by atoms with Crippen molar-refractivity contribution in [1.82, 2.24) is 0 Å². The molecule has 0 saturated carbocycles. The zero-order valence-corrected chi connectivity index (χ0v) is 20.4. The van der Waals surface area contributed by atoms with Gasteiger partial charge in [-0.15, -0.1) is 0 Å². The fourth-order valence-electron chi connectivity index (χ4n) is 5.46. The monoisotopic (exact) mass is 376 g/mol. The summed E-state index contributed by atoms with van der Waals surface area (Å²) in [5.41, 5.74) is 0.362. The quantitative estimate of drug-likeness (QED) is 0.388. The standard InChI is InChI=1S/C27H52/c1-10-20(4)24(8)21(5)19-25-14-13-15-26(11-2)22(6)18-23(7)27(9,12-3)17-16-25/h16-17,20-26H,10-15,18-19H2,1-9H3. The van der Waals surface area contributed by atoms with Crippen LogP contribution >= 0.6 is 0 Å². The topological polar surface area (TPSA) is 0 Å². The second-order valence-electron chi connectivity index (χ2n) is 10.6. The Bertz CT molecular complexity index is 422. The third-order valence-electron chi connectivity index (χ3n) is 8.95. The first-order valence-electron chi connectivity index (χ1n) is 12.4. The first-order chi connectivity index (χ1) is 12.7. The molecule has 0 N–H and O–H groups in total. The van der Waals surface area contributed by atoms with Gasteiger partial charge >= 0.3 is 0 Å². The lowest BCUT2D eigenvalue weighted by Crippen LogP contribution is -2.26. The van der Waals surface area contributed by atoms with E-state index in [-0.39, 0.29) is 0 Å². The van der Waals surface area contributed by atoms with Crippen molar-refractivity contribution in [2.45, 2.75) is 114 Å². The summed E-state index contributed by atoms with van der Waals surface area (Å²) in [4.78, 5) is 0. The molecule has 8 atom stereocenters. The largest absolute Gasteiger partial charge is 0.0849 e. The molecule has 0 nitrogen and oxygen atoms in total. The fraction of sp³-hybridized carbons (Fsp3) is 0.926. The Hall–Kier alpha value is -0.260. The van der Waals surface area contributed by atoms with Gasteiger partial charge in [0, 0.05) is 0 Å². The minimum absolute atomic E-state index is 0.362. The van der Waals surface area contributed by atoms with Gasteiger partial charge in [-0.2, -0.15) is 0 Å². The molecule has 160 valence electrons. The smallest absolute Gasteiger partial charge is 0.0123 e. The van der Waals surface area contributed by atoms with E-state index in [1.54, 1.807) is 0 Å². The highest BCUT2D eigenvalue weighted by molar-refractivity contribution is 5.03. The molecule has 0 aromatic rings. The lowest BCUT2D eigenvalue weighted by molar-refractivity contribution is 0.186. The summed E-state index contributed by atoms with van der Waals surface area (Å²) >= 11 is 0. The van der Waals surface area contributed by atoms with Gasteiger partial charge in [0.25, 0.3) is 0 Å². The maximum Gasteiger partial charge on any atom is -0.0123 e. The molecule has 27 heavy (non-hydrogen) atoms. The Morgan fingerprint density at radius 1 is 1.00 bits per heavy atom. The summed E-state index contributed by atoms with van der Waals surface area (Å²) in [5, 5.41) is 0. The van der Waals surface area contributed by atoms with E-state index in [1.165, 1.54) is 51.4 Å². The molecule has 0 saturated heterocycles. The van der Waals surface area contributed by atoms with Crippen LogP contribution in [0.5, 0.6) is 0 Å². The maximum absolute atomic E-state index is 2.65. The van der Waals surface area contributed by atoms with E-state index < -0.39 is 0 Å².